The molecule has 0 aliphatic carbocycles. The van der Waals surface area contributed by atoms with Crippen LogP contribution in [0.15, 0.2) is 46.7 Å². The summed E-state index contributed by atoms with van der Waals surface area (Å²) in [5, 5.41) is 8.13. The molecule has 0 unspecified atom stereocenters. The van der Waals surface area contributed by atoms with E-state index < -0.39 is 0 Å². The molecule has 7 heteroatoms. The highest BCUT2D eigenvalue weighted by Crippen LogP contribution is 2.06. The summed E-state index contributed by atoms with van der Waals surface area (Å²) in [6, 6.07) is 11.9. The Morgan fingerprint density at radius 3 is 1.90 bits per heavy atom. The summed E-state index contributed by atoms with van der Waals surface area (Å²) in [5.41, 5.74) is 5.20. The predicted octanol–water partition coefficient (Wildman–Crippen LogP) is 3.80. The van der Waals surface area contributed by atoms with Crippen LogP contribution in [0.1, 0.15) is 49.5 Å². The fourth-order valence-corrected chi connectivity index (χ4v) is 2.73. The monoisotopic (exact) mass is 398 g/mol. The molecule has 0 radical (unpaired) electrons. The fourth-order valence-electron chi connectivity index (χ4n) is 2.73. The number of hydrogen-bond donors (Lipinski definition) is 0. The Morgan fingerprint density at radius 1 is 0.793 bits per heavy atom. The molecular formula is C22H30N4O3. The second kappa shape index (κ2) is 12.6. The first kappa shape index (κ1) is 22.5. The van der Waals surface area contributed by atoms with Gasteiger partial charge in [-0.15, -0.1) is 0 Å². The quantitative estimate of drug-likeness (QED) is 0.309. The zero-order valence-electron chi connectivity index (χ0n) is 17.7. The van der Waals surface area contributed by atoms with Crippen LogP contribution in [-0.4, -0.2) is 48.8 Å². The van der Waals surface area contributed by atoms with Crippen LogP contribution in [0, 0.1) is 0 Å². The van der Waals surface area contributed by atoms with E-state index in [2.05, 4.69) is 20.3 Å². The van der Waals surface area contributed by atoms with Gasteiger partial charge in [0, 0.05) is 25.1 Å². The van der Waals surface area contributed by atoms with Crippen LogP contribution in [0.5, 0.6) is 0 Å². The highest BCUT2D eigenvalue weighted by atomic mass is 16.6. The van der Waals surface area contributed by atoms with Crippen LogP contribution in [-0.2, 0) is 27.3 Å². The minimum atomic E-state index is 0.516. The lowest BCUT2D eigenvalue weighted by molar-refractivity contribution is 0.141. The van der Waals surface area contributed by atoms with E-state index in [0.29, 0.717) is 6.61 Å². The van der Waals surface area contributed by atoms with Crippen LogP contribution < -0.4 is 0 Å². The van der Waals surface area contributed by atoms with Gasteiger partial charge in [-0.2, -0.15) is 0 Å². The molecule has 0 amide bonds. The van der Waals surface area contributed by atoms with Crippen molar-refractivity contribution in [2.45, 2.75) is 39.5 Å². The smallest absolute Gasteiger partial charge is 0.117 e. The number of rotatable bonds is 12. The SMILES string of the molecule is COCCCc1cccc(/C(C)=N/OCCCc2cccc(/C(C)=N/OC)n2)n1. The largest absolute Gasteiger partial charge is 0.399 e. The lowest BCUT2D eigenvalue weighted by Crippen LogP contribution is -2.05. The Labute approximate surface area is 172 Å². The van der Waals surface area contributed by atoms with Crippen LogP contribution >= 0.6 is 0 Å². The van der Waals surface area contributed by atoms with Crippen molar-refractivity contribution in [2.24, 2.45) is 10.3 Å². The molecule has 0 bridgehead atoms. The minimum Gasteiger partial charge on any atom is -0.399 e. The zero-order chi connectivity index (χ0) is 20.9. The van der Waals surface area contributed by atoms with Gasteiger partial charge in [0.2, 0.25) is 0 Å². The van der Waals surface area contributed by atoms with Gasteiger partial charge in [0.05, 0.1) is 11.4 Å². The van der Waals surface area contributed by atoms with Gasteiger partial charge in [0.15, 0.2) is 0 Å². The number of aryl methyl sites for hydroxylation is 2. The summed E-state index contributed by atoms with van der Waals surface area (Å²) in [7, 11) is 3.24. The van der Waals surface area contributed by atoms with Crippen molar-refractivity contribution in [3.05, 3.63) is 59.2 Å². The maximum absolute atomic E-state index is 5.48. The van der Waals surface area contributed by atoms with Crippen molar-refractivity contribution in [2.75, 3.05) is 27.4 Å². The highest BCUT2D eigenvalue weighted by Gasteiger charge is 2.04. The number of aromatic nitrogens is 2. The van der Waals surface area contributed by atoms with Crippen molar-refractivity contribution in [1.82, 2.24) is 9.97 Å². The van der Waals surface area contributed by atoms with Crippen molar-refractivity contribution in [3.8, 4) is 0 Å². The Balaban J connectivity index is 1.81. The maximum Gasteiger partial charge on any atom is 0.117 e. The van der Waals surface area contributed by atoms with Crippen LogP contribution in [0.3, 0.4) is 0 Å². The van der Waals surface area contributed by atoms with E-state index in [1.807, 2.05) is 50.2 Å². The fraction of sp³-hybridized carbons (Fsp3) is 0.455. The molecule has 0 aromatic carbocycles. The van der Waals surface area contributed by atoms with E-state index in [0.717, 1.165) is 66.5 Å². The van der Waals surface area contributed by atoms with Crippen molar-refractivity contribution in [1.29, 1.82) is 0 Å². The maximum atomic E-state index is 5.48. The van der Waals surface area contributed by atoms with E-state index in [9.17, 15) is 0 Å². The van der Waals surface area contributed by atoms with Crippen LogP contribution in [0.25, 0.3) is 0 Å². The molecule has 0 atom stereocenters. The molecule has 0 spiro atoms. The third-order valence-electron chi connectivity index (χ3n) is 4.23. The molecule has 7 nitrogen and oxygen atoms in total. The minimum absolute atomic E-state index is 0.516. The molecule has 156 valence electrons. The zero-order valence-corrected chi connectivity index (χ0v) is 17.7. The Bertz CT molecular complexity index is 821. The van der Waals surface area contributed by atoms with Crippen molar-refractivity contribution in [3.63, 3.8) is 0 Å². The summed E-state index contributed by atoms with van der Waals surface area (Å²) in [4.78, 5) is 19.5. The molecule has 0 aliphatic rings. The normalized spacial score (nSPS) is 12.1. The molecule has 2 aromatic rings. The molecule has 2 rings (SSSR count). The van der Waals surface area contributed by atoms with Gasteiger partial charge in [0.25, 0.3) is 0 Å². The second-order valence-electron chi connectivity index (χ2n) is 6.60. The third-order valence-corrected chi connectivity index (χ3v) is 4.23. The molecule has 0 saturated carbocycles. The first-order chi connectivity index (χ1) is 14.1. The number of methoxy groups -OCH3 is 1. The molecule has 0 saturated heterocycles. The average Bonchev–Trinajstić information content (AvgIpc) is 2.74. The van der Waals surface area contributed by atoms with Crippen LogP contribution in [0.2, 0.25) is 0 Å². The Hall–Kier alpha value is -2.80. The summed E-state index contributed by atoms with van der Waals surface area (Å²) in [6.45, 7) is 5.03. The van der Waals surface area contributed by atoms with E-state index >= 15 is 0 Å². The second-order valence-corrected chi connectivity index (χ2v) is 6.60. The Morgan fingerprint density at radius 2 is 1.34 bits per heavy atom. The lowest BCUT2D eigenvalue weighted by atomic mass is 10.2. The molecule has 0 fully saturated rings. The van der Waals surface area contributed by atoms with E-state index in [4.69, 9.17) is 14.4 Å². The number of nitrogens with zero attached hydrogens (tertiary/aromatic N) is 4. The average molecular weight is 399 g/mol. The Kier molecular flexibility index (Phi) is 9.78. The molecule has 2 aromatic heterocycles. The summed E-state index contributed by atoms with van der Waals surface area (Å²) in [6.07, 6.45) is 3.45. The van der Waals surface area contributed by atoms with Gasteiger partial charge in [-0.05, 0) is 63.8 Å². The molecule has 0 N–H and O–H groups in total. The van der Waals surface area contributed by atoms with Crippen molar-refractivity contribution < 1.29 is 14.4 Å². The number of oxime groups is 2. The predicted molar refractivity (Wildman–Crippen MR) is 114 cm³/mol. The summed E-state index contributed by atoms with van der Waals surface area (Å²) in [5.74, 6) is 0. The highest BCUT2D eigenvalue weighted by molar-refractivity contribution is 5.96. The van der Waals surface area contributed by atoms with Crippen LogP contribution in [0.4, 0.5) is 0 Å². The summed E-state index contributed by atoms with van der Waals surface area (Å²) < 4.78 is 5.09. The van der Waals surface area contributed by atoms with E-state index in [1.54, 1.807) is 7.11 Å². The molecular weight excluding hydrogens is 368 g/mol. The molecule has 0 aliphatic heterocycles. The van der Waals surface area contributed by atoms with Gasteiger partial charge in [-0.25, -0.2) is 0 Å². The van der Waals surface area contributed by atoms with Gasteiger partial charge >= 0.3 is 0 Å². The standard InChI is InChI=1S/C22H30N4O3/c1-17(25-28-4)21-13-5-10-20(23-21)12-8-16-29-26-18(2)22-14-6-9-19(24-22)11-7-15-27-3/h5-6,9-10,13-14H,7-8,11-12,15-16H2,1-4H3/b25-17+,26-18+. The lowest BCUT2D eigenvalue weighted by Gasteiger charge is -2.06. The van der Waals surface area contributed by atoms with Crippen molar-refractivity contribution >= 4 is 11.4 Å². The number of hydrogen-bond acceptors (Lipinski definition) is 7. The van der Waals surface area contributed by atoms with Gasteiger partial charge < -0.3 is 14.4 Å². The van der Waals surface area contributed by atoms with Gasteiger partial charge in [-0.3, -0.25) is 9.97 Å². The van der Waals surface area contributed by atoms with Gasteiger partial charge in [-0.1, -0.05) is 22.4 Å². The number of ether oxygens (including phenoxy) is 1. The number of pyridine rings is 2. The van der Waals surface area contributed by atoms with Gasteiger partial charge in [0.1, 0.15) is 25.1 Å². The topological polar surface area (TPSA) is 78.2 Å². The molecule has 2 heterocycles. The summed E-state index contributed by atoms with van der Waals surface area (Å²) >= 11 is 0. The molecule has 29 heavy (non-hydrogen) atoms. The van der Waals surface area contributed by atoms with E-state index in [-0.39, 0.29) is 0 Å². The first-order valence-corrected chi connectivity index (χ1v) is 9.80. The van der Waals surface area contributed by atoms with E-state index in [1.165, 1.54) is 7.11 Å². The third kappa shape index (κ3) is 7.99. The first-order valence-electron chi connectivity index (χ1n) is 9.80.